The summed E-state index contributed by atoms with van der Waals surface area (Å²) in [7, 11) is 4.58. The summed E-state index contributed by atoms with van der Waals surface area (Å²) < 4.78 is 2.43. The Labute approximate surface area is 87.9 Å². The van der Waals surface area contributed by atoms with Gasteiger partial charge in [-0.05, 0) is 31.6 Å². The molecule has 0 aromatic rings. The quantitative estimate of drug-likeness (QED) is 0.699. The van der Waals surface area contributed by atoms with E-state index in [-0.39, 0.29) is 5.91 Å². The number of hydrogen-bond acceptors (Lipinski definition) is 2. The molecular weight excluding hydrogens is 195 g/mol. The van der Waals surface area contributed by atoms with Gasteiger partial charge < -0.3 is 5.32 Å². The first-order valence-electron chi connectivity index (χ1n) is 5.44. The average Bonchev–Trinajstić information content (AvgIpc) is 2.42. The highest BCUT2D eigenvalue weighted by Crippen LogP contribution is 2.41. The van der Waals surface area contributed by atoms with E-state index in [9.17, 15) is 4.79 Å². The van der Waals surface area contributed by atoms with E-state index in [2.05, 4.69) is 19.4 Å². The summed E-state index contributed by atoms with van der Waals surface area (Å²) in [5.41, 5.74) is 0. The van der Waals surface area contributed by atoms with E-state index in [1.807, 2.05) is 0 Å². The SMILES string of the molecule is CNC(=O)CC1C[C@H]2CC[C@@H](C1)N2P. The normalized spacial score (nSPS) is 37.1. The summed E-state index contributed by atoms with van der Waals surface area (Å²) in [5.74, 6) is 0.816. The van der Waals surface area contributed by atoms with Gasteiger partial charge in [-0.2, -0.15) is 0 Å². The van der Waals surface area contributed by atoms with Crippen LogP contribution in [0, 0.1) is 5.92 Å². The van der Waals surface area contributed by atoms with Crippen LogP contribution >= 0.6 is 9.39 Å². The molecule has 0 spiro atoms. The molecule has 0 radical (unpaired) electrons. The van der Waals surface area contributed by atoms with Gasteiger partial charge in [0.25, 0.3) is 0 Å². The Morgan fingerprint density at radius 1 is 1.43 bits per heavy atom. The summed E-state index contributed by atoms with van der Waals surface area (Å²) in [6.07, 6.45) is 5.76. The smallest absolute Gasteiger partial charge is 0.220 e. The van der Waals surface area contributed by atoms with Crippen molar-refractivity contribution < 1.29 is 4.79 Å². The molecule has 0 aliphatic carbocycles. The van der Waals surface area contributed by atoms with Crippen molar-refractivity contribution in [3.63, 3.8) is 0 Å². The van der Waals surface area contributed by atoms with E-state index in [4.69, 9.17) is 0 Å². The van der Waals surface area contributed by atoms with Gasteiger partial charge in [0, 0.05) is 25.6 Å². The topological polar surface area (TPSA) is 32.3 Å². The summed E-state index contributed by atoms with van der Waals surface area (Å²) in [6.45, 7) is 0. The molecular formula is C10H19N2OP. The highest BCUT2D eigenvalue weighted by Gasteiger charge is 2.38. The maximum Gasteiger partial charge on any atom is 0.220 e. The molecule has 80 valence electrons. The third-order valence-electron chi connectivity index (χ3n) is 3.64. The van der Waals surface area contributed by atoms with Gasteiger partial charge in [-0.25, -0.2) is 0 Å². The Balaban J connectivity index is 1.90. The van der Waals surface area contributed by atoms with E-state index in [0.717, 1.165) is 6.42 Å². The number of carbonyl (C=O) groups excluding carboxylic acids is 1. The standard InChI is InChI=1S/C10H19N2OP/c1-11-10(13)6-7-4-8-2-3-9(5-7)12(8)14/h7-9H,2-6,14H2,1H3,(H,11,13)/t7?,8-,9+. The number of nitrogens with zero attached hydrogens (tertiary/aromatic N) is 1. The van der Waals surface area contributed by atoms with Crippen molar-refractivity contribution in [2.45, 2.75) is 44.2 Å². The van der Waals surface area contributed by atoms with Gasteiger partial charge in [0.2, 0.25) is 5.91 Å². The Bertz CT molecular complexity index is 220. The molecule has 2 rings (SSSR count). The zero-order valence-corrected chi connectivity index (χ0v) is 9.86. The molecule has 2 saturated heterocycles. The summed E-state index contributed by atoms with van der Waals surface area (Å²) in [4.78, 5) is 11.3. The maximum atomic E-state index is 11.3. The highest BCUT2D eigenvalue weighted by atomic mass is 31.0. The Morgan fingerprint density at radius 2 is 2.00 bits per heavy atom. The third kappa shape index (κ3) is 1.94. The first kappa shape index (κ1) is 10.4. The van der Waals surface area contributed by atoms with Crippen LogP contribution in [0.5, 0.6) is 0 Å². The van der Waals surface area contributed by atoms with Crippen molar-refractivity contribution in [3.8, 4) is 0 Å². The van der Waals surface area contributed by atoms with Gasteiger partial charge >= 0.3 is 0 Å². The van der Waals surface area contributed by atoms with E-state index >= 15 is 0 Å². The minimum Gasteiger partial charge on any atom is -0.359 e. The first-order valence-corrected chi connectivity index (χ1v) is 5.96. The molecule has 4 atom stereocenters. The molecule has 14 heavy (non-hydrogen) atoms. The van der Waals surface area contributed by atoms with Gasteiger partial charge in [-0.15, -0.1) is 0 Å². The van der Waals surface area contributed by atoms with E-state index < -0.39 is 0 Å². The number of amides is 1. The lowest BCUT2D eigenvalue weighted by molar-refractivity contribution is -0.121. The number of piperidine rings is 1. The van der Waals surface area contributed by atoms with Crippen LogP contribution in [0.3, 0.4) is 0 Å². The van der Waals surface area contributed by atoms with Gasteiger partial charge in [0.15, 0.2) is 0 Å². The van der Waals surface area contributed by atoms with Crippen LogP contribution in [-0.4, -0.2) is 29.7 Å². The maximum absolute atomic E-state index is 11.3. The molecule has 1 amide bonds. The number of carbonyl (C=O) groups is 1. The van der Waals surface area contributed by atoms with Crippen molar-refractivity contribution in [1.82, 2.24) is 9.99 Å². The van der Waals surface area contributed by atoms with Crippen molar-refractivity contribution in [2.75, 3.05) is 7.05 Å². The van der Waals surface area contributed by atoms with Crippen LogP contribution in [0.25, 0.3) is 0 Å². The molecule has 2 unspecified atom stereocenters. The van der Waals surface area contributed by atoms with Crippen molar-refractivity contribution >= 4 is 15.3 Å². The molecule has 2 heterocycles. The van der Waals surface area contributed by atoms with Crippen LogP contribution in [-0.2, 0) is 4.79 Å². The predicted octanol–water partition coefficient (Wildman–Crippen LogP) is 1.16. The number of rotatable bonds is 2. The molecule has 2 bridgehead atoms. The molecule has 1 N–H and O–H groups in total. The average molecular weight is 214 g/mol. The van der Waals surface area contributed by atoms with Crippen molar-refractivity contribution in [3.05, 3.63) is 0 Å². The summed E-state index contributed by atoms with van der Waals surface area (Å²) in [6, 6.07) is 1.43. The molecule has 2 aliphatic heterocycles. The van der Waals surface area contributed by atoms with Crippen LogP contribution in [0.4, 0.5) is 0 Å². The fraction of sp³-hybridized carbons (Fsp3) is 0.900. The Hall–Kier alpha value is -0.140. The number of nitrogens with one attached hydrogen (secondary N) is 1. The number of hydrogen-bond donors (Lipinski definition) is 1. The second kappa shape index (κ2) is 4.16. The molecule has 3 nitrogen and oxygen atoms in total. The van der Waals surface area contributed by atoms with Crippen LogP contribution in [0.2, 0.25) is 0 Å². The van der Waals surface area contributed by atoms with Crippen LogP contribution in [0.15, 0.2) is 0 Å². The lowest BCUT2D eigenvalue weighted by atomic mass is 9.89. The Kier molecular flexibility index (Phi) is 3.08. The molecule has 4 heteroatoms. The second-order valence-electron chi connectivity index (χ2n) is 4.55. The highest BCUT2D eigenvalue weighted by molar-refractivity contribution is 7.13. The predicted molar refractivity (Wildman–Crippen MR) is 59.8 cm³/mol. The van der Waals surface area contributed by atoms with Gasteiger partial charge in [0.05, 0.1) is 0 Å². The van der Waals surface area contributed by atoms with E-state index in [0.29, 0.717) is 18.0 Å². The summed E-state index contributed by atoms with van der Waals surface area (Å²) >= 11 is 0. The van der Waals surface area contributed by atoms with E-state index in [1.165, 1.54) is 25.7 Å². The third-order valence-corrected chi connectivity index (χ3v) is 4.48. The lowest BCUT2D eigenvalue weighted by Crippen LogP contribution is -2.37. The minimum absolute atomic E-state index is 0.201. The first-order chi connectivity index (χ1) is 6.70. The molecule has 0 aromatic heterocycles. The monoisotopic (exact) mass is 214 g/mol. The zero-order chi connectivity index (χ0) is 10.1. The molecule has 0 saturated carbocycles. The zero-order valence-electron chi connectivity index (χ0n) is 8.70. The van der Waals surface area contributed by atoms with E-state index in [1.54, 1.807) is 7.05 Å². The molecule has 0 aromatic carbocycles. The summed E-state index contributed by atoms with van der Waals surface area (Å²) in [5, 5.41) is 2.72. The fourth-order valence-electron chi connectivity index (χ4n) is 2.86. The van der Waals surface area contributed by atoms with Gasteiger partial charge in [0.1, 0.15) is 0 Å². The fourth-order valence-corrected chi connectivity index (χ4v) is 3.40. The van der Waals surface area contributed by atoms with Crippen molar-refractivity contribution in [1.29, 1.82) is 0 Å². The van der Waals surface area contributed by atoms with Crippen molar-refractivity contribution in [2.24, 2.45) is 5.92 Å². The Morgan fingerprint density at radius 3 is 2.50 bits per heavy atom. The molecule has 2 fully saturated rings. The lowest BCUT2D eigenvalue weighted by Gasteiger charge is -2.35. The van der Waals surface area contributed by atoms with Crippen LogP contribution in [0.1, 0.15) is 32.1 Å². The second-order valence-corrected chi connectivity index (χ2v) is 5.14. The number of fused-ring (bicyclic) bond motifs is 2. The minimum atomic E-state index is 0.201. The largest absolute Gasteiger partial charge is 0.359 e. The molecule has 2 aliphatic rings. The van der Waals surface area contributed by atoms with Gasteiger partial charge in [-0.3, -0.25) is 9.46 Å². The van der Waals surface area contributed by atoms with Crippen LogP contribution < -0.4 is 5.32 Å². The van der Waals surface area contributed by atoms with Gasteiger partial charge in [-0.1, -0.05) is 9.39 Å².